The summed E-state index contributed by atoms with van der Waals surface area (Å²) in [6, 6.07) is 12.2. The maximum Gasteiger partial charge on any atom is 0.374 e. The van der Waals surface area contributed by atoms with Gasteiger partial charge in [0, 0.05) is 12.1 Å². The van der Waals surface area contributed by atoms with Gasteiger partial charge in [-0.3, -0.25) is 9.59 Å². The summed E-state index contributed by atoms with van der Waals surface area (Å²) in [5, 5.41) is 0.355. The number of ether oxygens (including phenoxy) is 3. The van der Waals surface area contributed by atoms with Gasteiger partial charge < -0.3 is 18.6 Å². The first-order valence-corrected chi connectivity index (χ1v) is 7.98. The van der Waals surface area contributed by atoms with Crippen molar-refractivity contribution in [2.75, 3.05) is 20.8 Å². The Morgan fingerprint density at radius 3 is 2.52 bits per heavy atom. The Morgan fingerprint density at radius 2 is 1.78 bits per heavy atom. The van der Waals surface area contributed by atoms with Crippen LogP contribution in [0.1, 0.15) is 20.9 Å². The van der Waals surface area contributed by atoms with Gasteiger partial charge in [-0.15, -0.1) is 0 Å². The zero-order chi connectivity index (χ0) is 19.4. The van der Waals surface area contributed by atoms with Crippen LogP contribution >= 0.6 is 0 Å². The summed E-state index contributed by atoms with van der Waals surface area (Å²) in [6.07, 6.45) is 0. The maximum atomic E-state index is 12.3. The highest BCUT2D eigenvalue weighted by molar-refractivity contribution is 6.01. The number of hydrogen-bond donors (Lipinski definition) is 0. The molecule has 27 heavy (non-hydrogen) atoms. The van der Waals surface area contributed by atoms with Crippen LogP contribution in [0.15, 0.2) is 57.7 Å². The minimum atomic E-state index is -0.904. The van der Waals surface area contributed by atoms with E-state index >= 15 is 0 Å². The highest BCUT2D eigenvalue weighted by Gasteiger charge is 2.18. The molecule has 0 aliphatic carbocycles. The van der Waals surface area contributed by atoms with Crippen molar-refractivity contribution in [3.63, 3.8) is 0 Å². The Bertz CT molecular complexity index is 1070. The molecule has 0 amide bonds. The van der Waals surface area contributed by atoms with Crippen LogP contribution in [-0.4, -0.2) is 32.6 Å². The fourth-order valence-corrected chi connectivity index (χ4v) is 2.51. The molecule has 7 heteroatoms. The topological polar surface area (TPSA) is 92.0 Å². The molecule has 0 saturated carbocycles. The normalized spacial score (nSPS) is 10.4. The van der Waals surface area contributed by atoms with Crippen LogP contribution in [0.3, 0.4) is 0 Å². The summed E-state index contributed by atoms with van der Waals surface area (Å²) in [4.78, 5) is 36.6. The lowest BCUT2D eigenvalue weighted by atomic mass is 10.1. The molecule has 0 fully saturated rings. The first-order chi connectivity index (χ1) is 13.0. The van der Waals surface area contributed by atoms with Gasteiger partial charge in [-0.25, -0.2) is 4.79 Å². The number of ketones is 1. The molecule has 3 rings (SSSR count). The molecule has 1 heterocycles. The minimum Gasteiger partial charge on any atom is -0.497 e. The van der Waals surface area contributed by atoms with Gasteiger partial charge in [0.2, 0.25) is 11.5 Å². The maximum absolute atomic E-state index is 12.3. The van der Waals surface area contributed by atoms with Crippen molar-refractivity contribution in [2.45, 2.75) is 0 Å². The molecule has 0 saturated heterocycles. The van der Waals surface area contributed by atoms with E-state index in [1.807, 2.05) is 0 Å². The van der Waals surface area contributed by atoms with E-state index < -0.39 is 18.4 Å². The van der Waals surface area contributed by atoms with Crippen LogP contribution in [0.4, 0.5) is 0 Å². The van der Waals surface area contributed by atoms with Gasteiger partial charge in [0.05, 0.1) is 25.2 Å². The molecule has 3 aromatic rings. The Morgan fingerprint density at radius 1 is 1.00 bits per heavy atom. The fourth-order valence-electron chi connectivity index (χ4n) is 2.51. The second kappa shape index (κ2) is 7.74. The fraction of sp³-hybridized carbons (Fsp3) is 0.150. The minimum absolute atomic E-state index is 0.242. The van der Waals surface area contributed by atoms with Crippen LogP contribution in [-0.2, 0) is 4.74 Å². The number of carbonyl (C=O) groups is 2. The van der Waals surface area contributed by atoms with E-state index in [0.29, 0.717) is 16.9 Å². The number of hydrogen-bond acceptors (Lipinski definition) is 7. The zero-order valence-corrected chi connectivity index (χ0v) is 14.7. The highest BCUT2D eigenvalue weighted by Crippen LogP contribution is 2.25. The molecule has 0 bridgehead atoms. The highest BCUT2D eigenvalue weighted by atomic mass is 16.5. The van der Waals surface area contributed by atoms with Crippen molar-refractivity contribution >= 4 is 22.7 Å². The molecule has 0 radical (unpaired) electrons. The van der Waals surface area contributed by atoms with E-state index in [1.54, 1.807) is 36.4 Å². The van der Waals surface area contributed by atoms with Gasteiger partial charge in [0.15, 0.2) is 12.0 Å². The van der Waals surface area contributed by atoms with Crippen molar-refractivity contribution in [1.29, 1.82) is 0 Å². The number of fused-ring (bicyclic) bond motifs is 1. The summed E-state index contributed by atoms with van der Waals surface area (Å²) in [7, 11) is 2.91. The van der Waals surface area contributed by atoms with Gasteiger partial charge in [0.1, 0.15) is 17.1 Å². The van der Waals surface area contributed by atoms with Gasteiger partial charge in [-0.2, -0.15) is 0 Å². The van der Waals surface area contributed by atoms with E-state index in [2.05, 4.69) is 0 Å². The summed E-state index contributed by atoms with van der Waals surface area (Å²) in [5.74, 6) is -0.816. The van der Waals surface area contributed by atoms with E-state index in [-0.39, 0.29) is 22.3 Å². The molecule has 138 valence electrons. The number of rotatable bonds is 6. The predicted octanol–water partition coefficient (Wildman–Crippen LogP) is 2.85. The van der Waals surface area contributed by atoms with Gasteiger partial charge in [0.25, 0.3) is 0 Å². The van der Waals surface area contributed by atoms with Crippen molar-refractivity contribution in [1.82, 2.24) is 0 Å². The SMILES string of the molecule is COc1ccc(C(=O)COC(=O)c2cc(=O)c3ccccc3o2)c(OC)c1. The molecule has 0 N–H and O–H groups in total. The molecule has 7 nitrogen and oxygen atoms in total. The van der Waals surface area contributed by atoms with E-state index in [1.165, 1.54) is 20.3 Å². The first kappa shape index (κ1) is 18.2. The Hall–Kier alpha value is -3.61. The molecule has 0 spiro atoms. The smallest absolute Gasteiger partial charge is 0.374 e. The average molecular weight is 368 g/mol. The Labute approximate surface area is 154 Å². The van der Waals surface area contributed by atoms with Crippen LogP contribution in [0.5, 0.6) is 11.5 Å². The van der Waals surface area contributed by atoms with E-state index in [9.17, 15) is 14.4 Å². The molecule has 0 aliphatic rings. The molecule has 2 aromatic carbocycles. The van der Waals surface area contributed by atoms with Gasteiger partial charge in [-0.05, 0) is 24.3 Å². The Balaban J connectivity index is 1.76. The third kappa shape index (κ3) is 3.82. The molecular formula is C20H16O7. The number of para-hydroxylation sites is 1. The lowest BCUT2D eigenvalue weighted by Gasteiger charge is -2.10. The van der Waals surface area contributed by atoms with Crippen molar-refractivity contribution in [3.05, 3.63) is 70.1 Å². The molecule has 1 aromatic heterocycles. The predicted molar refractivity (Wildman–Crippen MR) is 96.6 cm³/mol. The summed E-state index contributed by atoms with van der Waals surface area (Å²) in [6.45, 7) is -0.530. The molecule has 0 atom stereocenters. The summed E-state index contributed by atoms with van der Waals surface area (Å²) < 4.78 is 20.6. The van der Waals surface area contributed by atoms with E-state index in [4.69, 9.17) is 18.6 Å². The number of esters is 1. The third-order valence-corrected chi connectivity index (χ3v) is 3.88. The van der Waals surface area contributed by atoms with Crippen molar-refractivity contribution in [3.8, 4) is 11.5 Å². The lowest BCUT2D eigenvalue weighted by molar-refractivity contribution is 0.0443. The average Bonchev–Trinajstić information content (AvgIpc) is 2.71. The first-order valence-electron chi connectivity index (χ1n) is 7.98. The monoisotopic (exact) mass is 368 g/mol. The number of benzene rings is 2. The van der Waals surface area contributed by atoms with Crippen LogP contribution in [0, 0.1) is 0 Å². The zero-order valence-electron chi connectivity index (χ0n) is 14.7. The van der Waals surface area contributed by atoms with Gasteiger partial charge in [-0.1, -0.05) is 12.1 Å². The largest absolute Gasteiger partial charge is 0.497 e. The molecular weight excluding hydrogens is 352 g/mol. The molecule has 0 unspecified atom stereocenters. The quantitative estimate of drug-likeness (QED) is 0.488. The van der Waals surface area contributed by atoms with E-state index in [0.717, 1.165) is 6.07 Å². The van der Waals surface area contributed by atoms with Gasteiger partial charge >= 0.3 is 5.97 Å². The number of Topliss-reactive ketones (excluding diaryl/α,β-unsaturated/α-hetero) is 1. The Kier molecular flexibility index (Phi) is 5.21. The number of methoxy groups -OCH3 is 2. The van der Waals surface area contributed by atoms with Crippen LogP contribution in [0.2, 0.25) is 0 Å². The van der Waals surface area contributed by atoms with Crippen LogP contribution < -0.4 is 14.9 Å². The van der Waals surface area contributed by atoms with Crippen LogP contribution in [0.25, 0.3) is 11.0 Å². The van der Waals surface area contributed by atoms with Crippen molar-refractivity contribution in [2.24, 2.45) is 0 Å². The molecule has 0 aliphatic heterocycles. The second-order valence-electron chi connectivity index (χ2n) is 5.54. The number of carbonyl (C=O) groups excluding carboxylic acids is 2. The second-order valence-corrected chi connectivity index (χ2v) is 5.54. The summed E-state index contributed by atoms with van der Waals surface area (Å²) >= 11 is 0. The van der Waals surface area contributed by atoms with Crippen molar-refractivity contribution < 1.29 is 28.2 Å². The lowest BCUT2D eigenvalue weighted by Crippen LogP contribution is -2.16. The standard InChI is InChI=1S/C20H16O7/c1-24-12-7-8-14(18(9-12)25-2)16(22)11-26-20(23)19-10-15(21)13-5-3-4-6-17(13)27-19/h3-10H,11H2,1-2H3. The summed E-state index contributed by atoms with van der Waals surface area (Å²) in [5.41, 5.74) is 0.137. The third-order valence-electron chi connectivity index (χ3n) is 3.88.